The molecule has 4 aromatic rings. The summed E-state index contributed by atoms with van der Waals surface area (Å²) in [7, 11) is 0. The fourth-order valence-electron chi connectivity index (χ4n) is 3.16. The fourth-order valence-corrected chi connectivity index (χ4v) is 4.07. The predicted octanol–water partition coefficient (Wildman–Crippen LogP) is 5.72. The molecular formula is C24H20N4S. The highest BCUT2D eigenvalue weighted by molar-refractivity contribution is 7.98. The molecule has 4 nitrogen and oxygen atoms in total. The van der Waals surface area contributed by atoms with Gasteiger partial charge in [-0.2, -0.15) is 5.26 Å². The quantitative estimate of drug-likeness (QED) is 0.405. The number of thioether (sulfide) groups is 1. The Morgan fingerprint density at radius 1 is 0.897 bits per heavy atom. The van der Waals surface area contributed by atoms with Gasteiger partial charge in [-0.25, -0.2) is 0 Å². The van der Waals surface area contributed by atoms with Crippen LogP contribution in [0.1, 0.15) is 22.3 Å². The number of nitriles is 1. The normalized spacial score (nSPS) is 10.7. The zero-order valence-corrected chi connectivity index (χ0v) is 17.1. The van der Waals surface area contributed by atoms with Crippen LogP contribution >= 0.6 is 11.8 Å². The maximum absolute atomic E-state index is 8.97. The Bertz CT molecular complexity index is 1190. The molecule has 0 spiro atoms. The van der Waals surface area contributed by atoms with Crippen molar-refractivity contribution < 1.29 is 0 Å². The average Bonchev–Trinajstić information content (AvgIpc) is 3.16. The minimum atomic E-state index is 0.670. The van der Waals surface area contributed by atoms with Crippen LogP contribution in [0.4, 0.5) is 0 Å². The van der Waals surface area contributed by atoms with Gasteiger partial charge in [-0.1, -0.05) is 59.8 Å². The second kappa shape index (κ2) is 8.34. The Kier molecular flexibility index (Phi) is 5.46. The van der Waals surface area contributed by atoms with E-state index in [1.54, 1.807) is 11.8 Å². The molecule has 5 heteroatoms. The van der Waals surface area contributed by atoms with E-state index >= 15 is 0 Å². The molecule has 0 aliphatic carbocycles. The first kappa shape index (κ1) is 19.0. The third-order valence-electron chi connectivity index (χ3n) is 4.62. The van der Waals surface area contributed by atoms with Crippen molar-refractivity contribution in [3.63, 3.8) is 0 Å². The van der Waals surface area contributed by atoms with Crippen molar-refractivity contribution in [3.05, 3.63) is 95.1 Å². The van der Waals surface area contributed by atoms with E-state index in [9.17, 15) is 0 Å². The molecule has 0 amide bonds. The fraction of sp³-hybridized carbons (Fsp3) is 0.125. The van der Waals surface area contributed by atoms with Crippen molar-refractivity contribution >= 4 is 11.8 Å². The molecule has 0 saturated heterocycles. The predicted molar refractivity (Wildman–Crippen MR) is 117 cm³/mol. The third-order valence-corrected chi connectivity index (χ3v) is 5.62. The Hall–Kier alpha value is -3.36. The van der Waals surface area contributed by atoms with Gasteiger partial charge in [-0.3, -0.25) is 4.57 Å². The lowest BCUT2D eigenvalue weighted by molar-refractivity contribution is 0.885. The summed E-state index contributed by atoms with van der Waals surface area (Å²) in [6.45, 7) is 4.17. The molecule has 4 rings (SSSR count). The van der Waals surface area contributed by atoms with Gasteiger partial charge >= 0.3 is 0 Å². The highest BCUT2D eigenvalue weighted by Crippen LogP contribution is 2.30. The van der Waals surface area contributed by atoms with Crippen LogP contribution in [0.5, 0.6) is 0 Å². The van der Waals surface area contributed by atoms with Crippen molar-refractivity contribution in [1.82, 2.24) is 14.8 Å². The van der Waals surface area contributed by atoms with Crippen LogP contribution in [0, 0.1) is 25.2 Å². The van der Waals surface area contributed by atoms with Gasteiger partial charge < -0.3 is 0 Å². The second-order valence-electron chi connectivity index (χ2n) is 6.95. The van der Waals surface area contributed by atoms with E-state index < -0.39 is 0 Å². The van der Waals surface area contributed by atoms with Crippen LogP contribution in [0.2, 0.25) is 0 Å². The number of nitrogens with zero attached hydrogens (tertiary/aromatic N) is 4. The van der Waals surface area contributed by atoms with E-state index in [0.29, 0.717) is 5.56 Å². The van der Waals surface area contributed by atoms with Crippen molar-refractivity contribution in [2.45, 2.75) is 24.8 Å². The van der Waals surface area contributed by atoms with E-state index in [1.807, 2.05) is 30.3 Å². The number of aryl methyl sites for hydroxylation is 2. The lowest BCUT2D eigenvalue weighted by atomic mass is 10.1. The van der Waals surface area contributed by atoms with Crippen LogP contribution < -0.4 is 0 Å². The molecule has 0 saturated carbocycles. The van der Waals surface area contributed by atoms with Gasteiger partial charge in [0.1, 0.15) is 0 Å². The highest BCUT2D eigenvalue weighted by Gasteiger charge is 2.16. The van der Waals surface area contributed by atoms with Gasteiger partial charge in [0.2, 0.25) is 0 Å². The summed E-state index contributed by atoms with van der Waals surface area (Å²) in [6.07, 6.45) is 0. The average molecular weight is 397 g/mol. The van der Waals surface area contributed by atoms with Crippen LogP contribution in [0.25, 0.3) is 17.1 Å². The van der Waals surface area contributed by atoms with Crippen molar-refractivity contribution in [3.8, 4) is 23.1 Å². The molecule has 0 bridgehead atoms. The van der Waals surface area contributed by atoms with Crippen LogP contribution in [0.15, 0.2) is 78.0 Å². The van der Waals surface area contributed by atoms with E-state index in [0.717, 1.165) is 33.5 Å². The van der Waals surface area contributed by atoms with Gasteiger partial charge in [0.05, 0.1) is 11.6 Å². The minimum Gasteiger partial charge on any atom is -0.270 e. The smallest absolute Gasteiger partial charge is 0.196 e. The lowest BCUT2D eigenvalue weighted by Gasteiger charge is -2.11. The van der Waals surface area contributed by atoms with E-state index in [2.05, 4.69) is 77.1 Å². The number of benzene rings is 3. The Balaban J connectivity index is 1.72. The summed E-state index contributed by atoms with van der Waals surface area (Å²) >= 11 is 1.64. The van der Waals surface area contributed by atoms with E-state index in [-0.39, 0.29) is 0 Å². The summed E-state index contributed by atoms with van der Waals surface area (Å²) in [6, 6.07) is 26.5. The topological polar surface area (TPSA) is 54.5 Å². The molecule has 1 aromatic heterocycles. The first-order valence-electron chi connectivity index (χ1n) is 9.35. The minimum absolute atomic E-state index is 0.670. The molecule has 0 N–H and O–H groups in total. The molecule has 0 fully saturated rings. The van der Waals surface area contributed by atoms with Gasteiger partial charge in [0.15, 0.2) is 11.0 Å². The van der Waals surface area contributed by atoms with Crippen molar-refractivity contribution in [2.24, 2.45) is 0 Å². The van der Waals surface area contributed by atoms with Crippen LogP contribution in [-0.2, 0) is 5.75 Å². The first-order chi connectivity index (χ1) is 14.1. The Morgan fingerprint density at radius 3 is 2.31 bits per heavy atom. The second-order valence-corrected chi connectivity index (χ2v) is 7.89. The van der Waals surface area contributed by atoms with Gasteiger partial charge in [-0.05, 0) is 55.3 Å². The summed E-state index contributed by atoms with van der Waals surface area (Å²) < 4.78 is 2.12. The van der Waals surface area contributed by atoms with Crippen molar-refractivity contribution in [2.75, 3.05) is 0 Å². The molecule has 142 valence electrons. The Labute approximate surface area is 174 Å². The monoisotopic (exact) mass is 396 g/mol. The number of aromatic nitrogens is 3. The van der Waals surface area contributed by atoms with Gasteiger partial charge in [-0.15, -0.1) is 10.2 Å². The zero-order chi connectivity index (χ0) is 20.2. The molecule has 0 aliphatic rings. The molecule has 29 heavy (non-hydrogen) atoms. The number of hydrogen-bond donors (Lipinski definition) is 0. The van der Waals surface area contributed by atoms with Crippen LogP contribution in [-0.4, -0.2) is 14.8 Å². The summed E-state index contributed by atoms with van der Waals surface area (Å²) in [5.74, 6) is 1.59. The van der Waals surface area contributed by atoms with Gasteiger partial charge in [0, 0.05) is 17.0 Å². The standard InChI is InChI=1S/C24H20N4S/c1-17-5-3-7-21(13-17)23-26-27-24(28(23)22-8-4-6-18(2)14-22)29-16-20-11-9-19(15-25)10-12-20/h3-14H,16H2,1-2H3. The lowest BCUT2D eigenvalue weighted by Crippen LogP contribution is -2.00. The molecule has 3 aromatic carbocycles. The highest BCUT2D eigenvalue weighted by atomic mass is 32.2. The summed E-state index contributed by atoms with van der Waals surface area (Å²) in [5, 5.41) is 18.8. The SMILES string of the molecule is Cc1cccc(-c2nnc(SCc3ccc(C#N)cc3)n2-c2cccc(C)c2)c1. The van der Waals surface area contributed by atoms with Crippen molar-refractivity contribution in [1.29, 1.82) is 5.26 Å². The Morgan fingerprint density at radius 2 is 1.62 bits per heavy atom. The number of rotatable bonds is 5. The first-order valence-corrected chi connectivity index (χ1v) is 10.3. The molecule has 1 heterocycles. The van der Waals surface area contributed by atoms with Gasteiger partial charge in [0.25, 0.3) is 0 Å². The molecule has 0 atom stereocenters. The molecular weight excluding hydrogens is 376 g/mol. The van der Waals surface area contributed by atoms with E-state index in [1.165, 1.54) is 11.1 Å². The summed E-state index contributed by atoms with van der Waals surface area (Å²) in [5.41, 5.74) is 6.29. The molecule has 0 radical (unpaired) electrons. The third kappa shape index (κ3) is 4.23. The maximum atomic E-state index is 8.97. The largest absolute Gasteiger partial charge is 0.270 e. The zero-order valence-electron chi connectivity index (χ0n) is 16.3. The summed E-state index contributed by atoms with van der Waals surface area (Å²) in [4.78, 5) is 0. The molecule has 0 aliphatic heterocycles. The number of hydrogen-bond acceptors (Lipinski definition) is 4. The van der Waals surface area contributed by atoms with Crippen LogP contribution in [0.3, 0.4) is 0 Å². The van der Waals surface area contributed by atoms with E-state index in [4.69, 9.17) is 5.26 Å². The molecule has 0 unspecified atom stereocenters. The maximum Gasteiger partial charge on any atom is 0.196 e.